The standard InChI is InChI=1S/C13H13NO4.C11H11F3O/c1-6(2)11(15)17-9-7-3-8-10(9)18-12(16)13(8,4-7)5-14;1-3-8-4-6-9(7-5-8)10(2,15)11(12,13)14/h7-10H,1,3-4H2,2H3;3-7,15H,1H2,2H3. The van der Waals surface area contributed by atoms with Gasteiger partial charge in [-0.3, -0.25) is 4.79 Å². The number of ether oxygens (including phenoxy) is 2. The Morgan fingerprint density at radius 2 is 1.97 bits per heavy atom. The molecular formula is C24H24F3NO5. The first-order valence-corrected chi connectivity index (χ1v) is 10.3. The summed E-state index contributed by atoms with van der Waals surface area (Å²) in [5.41, 5.74) is -2.94. The summed E-state index contributed by atoms with van der Waals surface area (Å²) >= 11 is 0. The molecule has 3 aliphatic rings. The summed E-state index contributed by atoms with van der Waals surface area (Å²) in [7, 11) is 0. The Labute approximate surface area is 189 Å². The van der Waals surface area contributed by atoms with Crippen molar-refractivity contribution in [2.75, 3.05) is 0 Å². The smallest absolute Gasteiger partial charge is 0.421 e. The van der Waals surface area contributed by atoms with Crippen LogP contribution in [0, 0.1) is 28.6 Å². The van der Waals surface area contributed by atoms with Crippen molar-refractivity contribution in [1.82, 2.24) is 0 Å². The van der Waals surface area contributed by atoms with Crippen LogP contribution in [0.25, 0.3) is 6.08 Å². The molecule has 9 heteroatoms. The fourth-order valence-corrected chi connectivity index (χ4v) is 4.62. The molecule has 6 atom stereocenters. The quantitative estimate of drug-likeness (QED) is 0.535. The lowest BCUT2D eigenvalue weighted by molar-refractivity contribution is -0.258. The van der Waals surface area contributed by atoms with Crippen LogP contribution in [-0.4, -0.2) is 35.4 Å². The van der Waals surface area contributed by atoms with Gasteiger partial charge in [-0.05, 0) is 37.8 Å². The first-order chi connectivity index (χ1) is 15.3. The summed E-state index contributed by atoms with van der Waals surface area (Å²) in [6.07, 6.45) is -2.85. The minimum atomic E-state index is -4.68. The number of benzene rings is 1. The Balaban J connectivity index is 0.000000190. The summed E-state index contributed by atoms with van der Waals surface area (Å²) < 4.78 is 47.9. The van der Waals surface area contributed by atoms with E-state index in [2.05, 4.69) is 19.2 Å². The van der Waals surface area contributed by atoms with Gasteiger partial charge >= 0.3 is 18.1 Å². The monoisotopic (exact) mass is 463 g/mol. The van der Waals surface area contributed by atoms with Gasteiger partial charge in [0, 0.05) is 17.4 Å². The molecule has 4 rings (SSSR count). The van der Waals surface area contributed by atoms with E-state index in [4.69, 9.17) is 9.47 Å². The Kier molecular flexibility index (Phi) is 6.20. The zero-order valence-corrected chi connectivity index (χ0v) is 18.2. The number of carbonyl (C=O) groups excluding carboxylic acids is 2. The van der Waals surface area contributed by atoms with E-state index >= 15 is 0 Å². The van der Waals surface area contributed by atoms with Crippen molar-refractivity contribution in [2.45, 2.75) is 50.7 Å². The summed E-state index contributed by atoms with van der Waals surface area (Å²) in [6.45, 7) is 9.33. The highest BCUT2D eigenvalue weighted by Gasteiger charge is 2.72. The molecule has 1 aromatic rings. The van der Waals surface area contributed by atoms with E-state index in [-0.39, 0.29) is 17.4 Å². The second-order valence-electron chi connectivity index (χ2n) is 8.81. The maximum absolute atomic E-state index is 12.4. The van der Waals surface area contributed by atoms with E-state index in [0.29, 0.717) is 17.6 Å². The van der Waals surface area contributed by atoms with Crippen molar-refractivity contribution in [3.63, 3.8) is 0 Å². The van der Waals surface area contributed by atoms with Gasteiger partial charge in [0.15, 0.2) is 11.0 Å². The van der Waals surface area contributed by atoms with E-state index in [1.165, 1.54) is 30.3 Å². The third-order valence-corrected chi connectivity index (χ3v) is 6.62. The number of rotatable bonds is 4. The third-order valence-electron chi connectivity index (χ3n) is 6.62. The van der Waals surface area contributed by atoms with Crippen LogP contribution in [0.4, 0.5) is 13.2 Å². The summed E-state index contributed by atoms with van der Waals surface area (Å²) in [4.78, 5) is 23.4. The Morgan fingerprint density at radius 1 is 1.36 bits per heavy atom. The predicted molar refractivity (Wildman–Crippen MR) is 111 cm³/mol. The van der Waals surface area contributed by atoms with E-state index in [9.17, 15) is 33.1 Å². The molecule has 33 heavy (non-hydrogen) atoms. The number of esters is 2. The molecule has 6 unspecified atom stereocenters. The van der Waals surface area contributed by atoms with E-state index in [1.54, 1.807) is 6.92 Å². The van der Waals surface area contributed by atoms with Gasteiger partial charge in [0.25, 0.3) is 0 Å². The highest BCUT2D eigenvalue weighted by atomic mass is 19.4. The Bertz CT molecular complexity index is 1020. The molecule has 176 valence electrons. The number of hydrogen-bond acceptors (Lipinski definition) is 6. The van der Waals surface area contributed by atoms with Gasteiger partial charge in [-0.15, -0.1) is 0 Å². The van der Waals surface area contributed by atoms with Gasteiger partial charge < -0.3 is 14.6 Å². The molecule has 1 N–H and O–H groups in total. The molecule has 1 aliphatic heterocycles. The third kappa shape index (κ3) is 4.04. The van der Waals surface area contributed by atoms with Crippen molar-refractivity contribution < 1.29 is 37.3 Å². The number of fused-ring (bicyclic) bond motifs is 1. The molecule has 2 bridgehead atoms. The van der Waals surface area contributed by atoms with Crippen LogP contribution in [0.5, 0.6) is 0 Å². The molecule has 2 saturated carbocycles. The summed E-state index contributed by atoms with van der Waals surface area (Å²) in [6, 6.07) is 7.54. The number of aliphatic hydroxyl groups is 1. The van der Waals surface area contributed by atoms with Crippen LogP contribution >= 0.6 is 0 Å². The maximum atomic E-state index is 12.4. The fourth-order valence-electron chi connectivity index (χ4n) is 4.62. The van der Waals surface area contributed by atoms with Crippen LogP contribution in [0.2, 0.25) is 0 Å². The molecule has 0 amide bonds. The number of nitriles is 1. The molecule has 0 aromatic heterocycles. The van der Waals surface area contributed by atoms with Gasteiger partial charge in [0.05, 0.1) is 6.07 Å². The topological polar surface area (TPSA) is 96.6 Å². The largest absolute Gasteiger partial charge is 0.457 e. The average Bonchev–Trinajstić information content (AvgIpc) is 3.35. The Morgan fingerprint density at radius 3 is 2.45 bits per heavy atom. The summed E-state index contributed by atoms with van der Waals surface area (Å²) in [5.74, 6) is -0.980. The van der Waals surface area contributed by atoms with Crippen LogP contribution in [0.15, 0.2) is 43.0 Å². The van der Waals surface area contributed by atoms with E-state index in [0.717, 1.165) is 13.3 Å². The number of nitrogens with zero attached hydrogens (tertiary/aromatic N) is 1. The van der Waals surface area contributed by atoms with Crippen LogP contribution in [0.1, 0.15) is 37.8 Å². The fraction of sp³-hybridized carbons (Fsp3) is 0.458. The molecule has 1 aromatic carbocycles. The molecule has 0 spiro atoms. The molecule has 6 nitrogen and oxygen atoms in total. The van der Waals surface area contributed by atoms with Gasteiger partial charge in [0.2, 0.25) is 0 Å². The van der Waals surface area contributed by atoms with Gasteiger partial charge in [-0.1, -0.05) is 43.5 Å². The SMILES string of the molecule is C=C(C)C(=O)OC1C2CC3C1OC(=O)C3(C#N)C2.C=Cc1ccc(C(C)(O)C(F)(F)F)cc1. The predicted octanol–water partition coefficient (Wildman–Crippen LogP) is 4.05. The zero-order chi connectivity index (χ0) is 24.8. The minimum Gasteiger partial charge on any atom is -0.457 e. The highest BCUT2D eigenvalue weighted by Crippen LogP contribution is 2.62. The minimum absolute atomic E-state index is 0.0504. The van der Waals surface area contributed by atoms with Crippen LogP contribution < -0.4 is 0 Å². The van der Waals surface area contributed by atoms with Crippen molar-refractivity contribution in [3.05, 3.63) is 54.1 Å². The van der Waals surface area contributed by atoms with E-state index in [1.807, 2.05) is 0 Å². The van der Waals surface area contributed by atoms with Gasteiger partial charge in [-0.25, -0.2) is 4.79 Å². The highest BCUT2D eigenvalue weighted by molar-refractivity contribution is 5.88. The van der Waals surface area contributed by atoms with Gasteiger partial charge in [0.1, 0.15) is 12.2 Å². The van der Waals surface area contributed by atoms with Gasteiger partial charge in [-0.2, -0.15) is 18.4 Å². The molecule has 1 saturated heterocycles. The van der Waals surface area contributed by atoms with Crippen molar-refractivity contribution in [1.29, 1.82) is 5.26 Å². The first kappa shape index (κ1) is 24.5. The maximum Gasteiger partial charge on any atom is 0.421 e. The van der Waals surface area contributed by atoms with Crippen LogP contribution in [-0.2, 0) is 24.7 Å². The molecular weight excluding hydrogens is 439 g/mol. The van der Waals surface area contributed by atoms with Crippen molar-refractivity contribution in [3.8, 4) is 6.07 Å². The molecule has 0 radical (unpaired) electrons. The van der Waals surface area contributed by atoms with Crippen molar-refractivity contribution in [2.24, 2.45) is 17.3 Å². The molecule has 1 heterocycles. The second kappa shape index (κ2) is 8.34. The van der Waals surface area contributed by atoms with E-state index < -0.39 is 41.3 Å². The lowest BCUT2D eigenvalue weighted by Crippen LogP contribution is -2.39. The van der Waals surface area contributed by atoms with Crippen LogP contribution in [0.3, 0.4) is 0 Å². The first-order valence-electron chi connectivity index (χ1n) is 10.3. The summed E-state index contributed by atoms with van der Waals surface area (Å²) in [5, 5.41) is 18.6. The number of hydrogen-bond donors (Lipinski definition) is 1. The number of carbonyl (C=O) groups is 2. The lowest BCUT2D eigenvalue weighted by Gasteiger charge is -2.27. The lowest BCUT2D eigenvalue weighted by atomic mass is 9.74. The van der Waals surface area contributed by atoms with Crippen molar-refractivity contribution >= 4 is 18.0 Å². The Hall–Kier alpha value is -3.12. The second-order valence-corrected chi connectivity index (χ2v) is 8.81. The molecule has 2 aliphatic carbocycles. The normalized spacial score (nSPS) is 30.9. The average molecular weight is 463 g/mol. The number of halogens is 3. The molecule has 3 fully saturated rings. The zero-order valence-electron chi connectivity index (χ0n) is 18.2. The number of alkyl halides is 3.